The molecule has 2 atom stereocenters. The van der Waals surface area contributed by atoms with Gasteiger partial charge in [0.05, 0.1) is 6.33 Å². The van der Waals surface area contributed by atoms with Gasteiger partial charge in [0.15, 0.2) is 0 Å². The number of rotatable bonds is 8. The van der Waals surface area contributed by atoms with Gasteiger partial charge in [0.25, 0.3) is 0 Å². The molecule has 0 saturated heterocycles. The fourth-order valence-electron chi connectivity index (χ4n) is 1.88. The summed E-state index contributed by atoms with van der Waals surface area (Å²) in [6.07, 6.45) is 4.94. The summed E-state index contributed by atoms with van der Waals surface area (Å²) in [6.45, 7) is 3.69. The number of nitrogens with zero attached hydrogens (tertiary/aromatic N) is 2. The molecule has 2 unspecified atom stereocenters. The third-order valence-electron chi connectivity index (χ3n) is 2.93. The third kappa shape index (κ3) is 5.03. The molecule has 0 aliphatic rings. The van der Waals surface area contributed by atoms with Gasteiger partial charge < -0.3 is 19.7 Å². The summed E-state index contributed by atoms with van der Waals surface area (Å²) in [4.78, 5) is 4.00. The number of nitrogens with one attached hydrogen (secondary N) is 1. The fraction of sp³-hybridized carbons (Fsp3) is 0.400. The quantitative estimate of drug-likeness (QED) is 0.762. The van der Waals surface area contributed by atoms with Crippen molar-refractivity contribution in [2.24, 2.45) is 0 Å². The SMILES string of the molecule is CC(Cn1ccnc1)NCC(O)COc1ccccc1. The van der Waals surface area contributed by atoms with E-state index in [2.05, 4.69) is 17.2 Å². The number of aliphatic hydroxyl groups is 1. The third-order valence-corrected chi connectivity index (χ3v) is 2.93. The van der Waals surface area contributed by atoms with Crippen molar-refractivity contribution in [3.05, 3.63) is 49.1 Å². The lowest BCUT2D eigenvalue weighted by Crippen LogP contribution is -2.38. The first-order chi connectivity index (χ1) is 9.74. The predicted molar refractivity (Wildman–Crippen MR) is 77.6 cm³/mol. The lowest BCUT2D eigenvalue weighted by molar-refractivity contribution is 0.103. The summed E-state index contributed by atoms with van der Waals surface area (Å²) in [5.74, 6) is 0.776. The molecule has 5 nitrogen and oxygen atoms in total. The van der Waals surface area contributed by atoms with Gasteiger partial charge in [0.2, 0.25) is 0 Å². The molecule has 0 amide bonds. The van der Waals surface area contributed by atoms with Crippen molar-refractivity contribution in [3.8, 4) is 5.75 Å². The highest BCUT2D eigenvalue weighted by atomic mass is 16.5. The van der Waals surface area contributed by atoms with Crippen molar-refractivity contribution in [1.29, 1.82) is 0 Å². The van der Waals surface area contributed by atoms with E-state index < -0.39 is 6.10 Å². The molecule has 0 bridgehead atoms. The van der Waals surface area contributed by atoms with Crippen LogP contribution >= 0.6 is 0 Å². The molecule has 2 N–H and O–H groups in total. The van der Waals surface area contributed by atoms with Crippen molar-refractivity contribution >= 4 is 0 Å². The summed E-state index contributed by atoms with van der Waals surface area (Å²) >= 11 is 0. The van der Waals surface area contributed by atoms with Gasteiger partial charge in [-0.15, -0.1) is 0 Å². The van der Waals surface area contributed by atoms with E-state index in [0.29, 0.717) is 6.54 Å². The molecule has 5 heteroatoms. The molecule has 2 aromatic rings. The largest absolute Gasteiger partial charge is 0.491 e. The minimum absolute atomic E-state index is 0.260. The van der Waals surface area contributed by atoms with Crippen LogP contribution in [0.4, 0.5) is 0 Å². The van der Waals surface area contributed by atoms with Crippen LogP contribution in [0, 0.1) is 0 Å². The van der Waals surface area contributed by atoms with Crippen LogP contribution in [-0.4, -0.2) is 40.0 Å². The van der Waals surface area contributed by atoms with Crippen molar-refractivity contribution < 1.29 is 9.84 Å². The molecule has 0 radical (unpaired) electrons. The van der Waals surface area contributed by atoms with Gasteiger partial charge in [-0.3, -0.25) is 0 Å². The normalized spacial score (nSPS) is 13.9. The molecular weight excluding hydrogens is 254 g/mol. The van der Waals surface area contributed by atoms with Crippen molar-refractivity contribution in [2.75, 3.05) is 13.2 Å². The number of hydrogen-bond acceptors (Lipinski definition) is 4. The van der Waals surface area contributed by atoms with E-state index in [9.17, 15) is 5.11 Å². The minimum atomic E-state index is -0.527. The van der Waals surface area contributed by atoms with Crippen LogP contribution < -0.4 is 10.1 Å². The zero-order chi connectivity index (χ0) is 14.2. The molecule has 1 aromatic carbocycles. The van der Waals surface area contributed by atoms with E-state index in [1.165, 1.54) is 0 Å². The van der Waals surface area contributed by atoms with Gasteiger partial charge in [-0.2, -0.15) is 0 Å². The predicted octanol–water partition coefficient (Wildman–Crippen LogP) is 1.30. The Hall–Kier alpha value is -1.85. The van der Waals surface area contributed by atoms with Gasteiger partial charge in [-0.1, -0.05) is 18.2 Å². The van der Waals surface area contributed by atoms with Gasteiger partial charge >= 0.3 is 0 Å². The van der Waals surface area contributed by atoms with Gasteiger partial charge in [0.1, 0.15) is 18.5 Å². The molecule has 0 spiro atoms. The van der Waals surface area contributed by atoms with Gasteiger partial charge in [-0.25, -0.2) is 4.98 Å². The molecule has 2 rings (SSSR count). The average Bonchev–Trinajstić information content (AvgIpc) is 2.97. The van der Waals surface area contributed by atoms with E-state index in [1.54, 1.807) is 12.5 Å². The Morgan fingerprint density at radius 3 is 2.85 bits per heavy atom. The van der Waals surface area contributed by atoms with Gasteiger partial charge in [0, 0.05) is 31.5 Å². The molecule has 20 heavy (non-hydrogen) atoms. The van der Waals surface area contributed by atoms with E-state index in [0.717, 1.165) is 12.3 Å². The highest BCUT2D eigenvalue weighted by molar-refractivity contribution is 5.20. The van der Waals surface area contributed by atoms with Crippen LogP contribution in [0.2, 0.25) is 0 Å². The highest BCUT2D eigenvalue weighted by Gasteiger charge is 2.08. The molecule has 0 aliphatic carbocycles. The number of hydrogen-bond donors (Lipinski definition) is 2. The van der Waals surface area contributed by atoms with Crippen molar-refractivity contribution in [1.82, 2.24) is 14.9 Å². The second kappa shape index (κ2) is 7.67. The lowest BCUT2D eigenvalue weighted by Gasteiger charge is -2.18. The Bertz CT molecular complexity index is 473. The van der Waals surface area contributed by atoms with Crippen LogP contribution in [0.3, 0.4) is 0 Å². The Morgan fingerprint density at radius 2 is 2.15 bits per heavy atom. The fourth-order valence-corrected chi connectivity index (χ4v) is 1.88. The van der Waals surface area contributed by atoms with Crippen LogP contribution in [-0.2, 0) is 6.54 Å². The number of ether oxygens (including phenoxy) is 1. The summed E-state index contributed by atoms with van der Waals surface area (Å²) in [5.41, 5.74) is 0. The maximum absolute atomic E-state index is 9.88. The highest BCUT2D eigenvalue weighted by Crippen LogP contribution is 2.08. The Morgan fingerprint density at radius 1 is 1.35 bits per heavy atom. The second-order valence-electron chi connectivity index (χ2n) is 4.85. The summed E-state index contributed by atoms with van der Waals surface area (Å²) in [7, 11) is 0. The van der Waals surface area contributed by atoms with Crippen LogP contribution in [0.1, 0.15) is 6.92 Å². The molecule has 0 fully saturated rings. The van der Waals surface area contributed by atoms with Crippen molar-refractivity contribution in [2.45, 2.75) is 25.6 Å². The summed E-state index contributed by atoms with van der Waals surface area (Å²) in [5, 5.41) is 13.2. The number of para-hydroxylation sites is 1. The standard InChI is InChI=1S/C15H21N3O2/c1-13(10-18-8-7-16-12-18)17-9-14(19)11-20-15-5-3-2-4-6-15/h2-8,12-14,17,19H,9-11H2,1H3. The first kappa shape index (κ1) is 14.6. The van der Waals surface area contributed by atoms with Crippen LogP contribution in [0.15, 0.2) is 49.1 Å². The number of benzene rings is 1. The minimum Gasteiger partial charge on any atom is -0.491 e. The van der Waals surface area contributed by atoms with Crippen LogP contribution in [0.25, 0.3) is 0 Å². The van der Waals surface area contributed by atoms with E-state index in [4.69, 9.17) is 4.74 Å². The maximum atomic E-state index is 9.88. The second-order valence-corrected chi connectivity index (χ2v) is 4.85. The summed E-state index contributed by atoms with van der Waals surface area (Å²) in [6, 6.07) is 9.77. The smallest absolute Gasteiger partial charge is 0.119 e. The molecule has 108 valence electrons. The van der Waals surface area contributed by atoms with E-state index in [1.807, 2.05) is 41.1 Å². The number of aromatic nitrogens is 2. The van der Waals surface area contributed by atoms with Crippen molar-refractivity contribution in [3.63, 3.8) is 0 Å². The Labute approximate surface area is 119 Å². The number of imidazole rings is 1. The zero-order valence-electron chi connectivity index (χ0n) is 11.6. The first-order valence-electron chi connectivity index (χ1n) is 6.79. The monoisotopic (exact) mass is 275 g/mol. The molecular formula is C15H21N3O2. The van der Waals surface area contributed by atoms with E-state index >= 15 is 0 Å². The first-order valence-corrected chi connectivity index (χ1v) is 6.79. The molecule has 1 aromatic heterocycles. The lowest BCUT2D eigenvalue weighted by atomic mass is 10.3. The maximum Gasteiger partial charge on any atom is 0.119 e. The Balaban J connectivity index is 1.63. The number of aliphatic hydroxyl groups excluding tert-OH is 1. The van der Waals surface area contributed by atoms with Crippen LogP contribution in [0.5, 0.6) is 5.75 Å². The van der Waals surface area contributed by atoms with E-state index in [-0.39, 0.29) is 12.6 Å². The Kier molecular flexibility index (Phi) is 5.58. The summed E-state index contributed by atoms with van der Waals surface area (Å²) < 4.78 is 7.51. The average molecular weight is 275 g/mol. The zero-order valence-corrected chi connectivity index (χ0v) is 11.6. The molecule has 0 aliphatic heterocycles. The molecule has 0 saturated carbocycles. The van der Waals surface area contributed by atoms with Gasteiger partial charge in [-0.05, 0) is 19.1 Å². The molecule has 1 heterocycles. The topological polar surface area (TPSA) is 59.3 Å².